The van der Waals surface area contributed by atoms with Crippen LogP contribution in [0.1, 0.15) is 28.4 Å². The summed E-state index contributed by atoms with van der Waals surface area (Å²) in [5.41, 5.74) is 9.90. The van der Waals surface area contributed by atoms with Crippen LogP contribution in [0.3, 0.4) is 0 Å². The third-order valence-electron chi connectivity index (χ3n) is 3.32. The van der Waals surface area contributed by atoms with Gasteiger partial charge in [-0.25, -0.2) is 0 Å². The van der Waals surface area contributed by atoms with Gasteiger partial charge in [0.05, 0.1) is 0 Å². The van der Waals surface area contributed by atoms with Gasteiger partial charge >= 0.3 is 0 Å². The predicted octanol–water partition coefficient (Wildman–Crippen LogP) is 4.00. The van der Waals surface area contributed by atoms with E-state index >= 15 is 0 Å². The Morgan fingerprint density at radius 3 is 2.75 bits per heavy atom. The number of rotatable bonds is 3. The maximum absolute atomic E-state index is 12.4. The van der Waals surface area contributed by atoms with Crippen LogP contribution >= 0.6 is 22.6 Å². The third-order valence-corrected chi connectivity index (χ3v) is 3.99. The Labute approximate surface area is 132 Å². The summed E-state index contributed by atoms with van der Waals surface area (Å²) in [6, 6.07) is 11.4. The van der Waals surface area contributed by atoms with E-state index in [2.05, 4.69) is 40.9 Å². The quantitative estimate of drug-likeness (QED) is 0.625. The second-order valence-electron chi connectivity index (χ2n) is 4.63. The molecule has 0 spiro atoms. The summed E-state index contributed by atoms with van der Waals surface area (Å²) in [7, 11) is 0. The molecule has 4 heteroatoms. The van der Waals surface area contributed by atoms with Gasteiger partial charge in [0.25, 0.3) is 5.91 Å². The average molecular weight is 380 g/mol. The van der Waals surface area contributed by atoms with E-state index in [0.29, 0.717) is 11.3 Å². The lowest BCUT2D eigenvalue weighted by Gasteiger charge is -2.12. The number of amides is 1. The van der Waals surface area contributed by atoms with Crippen molar-refractivity contribution in [1.29, 1.82) is 0 Å². The zero-order chi connectivity index (χ0) is 14.7. The minimum absolute atomic E-state index is 0.120. The Morgan fingerprint density at radius 2 is 2.05 bits per heavy atom. The summed E-state index contributed by atoms with van der Waals surface area (Å²) >= 11 is 2.27. The molecule has 0 saturated carbocycles. The monoisotopic (exact) mass is 380 g/mol. The predicted molar refractivity (Wildman–Crippen MR) is 92.1 cm³/mol. The molecule has 2 aromatic rings. The van der Waals surface area contributed by atoms with Crippen molar-refractivity contribution in [1.82, 2.24) is 0 Å². The van der Waals surface area contributed by atoms with Crippen molar-refractivity contribution in [2.24, 2.45) is 0 Å². The summed E-state index contributed by atoms with van der Waals surface area (Å²) in [5.74, 6) is -0.120. The number of benzene rings is 2. The first-order chi connectivity index (χ1) is 9.52. The number of carbonyl (C=O) groups is 1. The van der Waals surface area contributed by atoms with E-state index < -0.39 is 0 Å². The number of nitrogen functional groups attached to an aromatic ring is 1. The Kier molecular flexibility index (Phi) is 4.65. The number of hydrogen-bond donors (Lipinski definition) is 2. The molecule has 0 aliphatic rings. The lowest BCUT2D eigenvalue weighted by atomic mass is 10.1. The average Bonchev–Trinajstić information content (AvgIpc) is 2.43. The van der Waals surface area contributed by atoms with Crippen LogP contribution in [0, 0.1) is 10.5 Å². The zero-order valence-electron chi connectivity index (χ0n) is 11.5. The number of hydrogen-bond acceptors (Lipinski definition) is 2. The second kappa shape index (κ2) is 6.26. The van der Waals surface area contributed by atoms with Crippen molar-refractivity contribution in [2.75, 3.05) is 11.1 Å². The van der Waals surface area contributed by atoms with Crippen molar-refractivity contribution in [3.05, 3.63) is 56.7 Å². The van der Waals surface area contributed by atoms with E-state index in [1.54, 1.807) is 18.2 Å². The van der Waals surface area contributed by atoms with Gasteiger partial charge in [-0.1, -0.05) is 13.0 Å². The Balaban J connectivity index is 2.30. The highest BCUT2D eigenvalue weighted by Gasteiger charge is 2.12. The van der Waals surface area contributed by atoms with Crippen LogP contribution in [-0.2, 0) is 6.42 Å². The van der Waals surface area contributed by atoms with Gasteiger partial charge in [-0.3, -0.25) is 4.79 Å². The lowest BCUT2D eigenvalue weighted by molar-refractivity contribution is 0.102. The number of halogens is 1. The first-order valence-corrected chi connectivity index (χ1v) is 7.55. The number of nitrogens with two attached hydrogens (primary N) is 1. The molecular formula is C16H17IN2O. The lowest BCUT2D eigenvalue weighted by Crippen LogP contribution is -2.15. The summed E-state index contributed by atoms with van der Waals surface area (Å²) in [6.07, 6.45) is 0.877. The normalized spacial score (nSPS) is 10.3. The van der Waals surface area contributed by atoms with Gasteiger partial charge < -0.3 is 11.1 Å². The van der Waals surface area contributed by atoms with E-state index in [1.165, 1.54) is 0 Å². The summed E-state index contributed by atoms with van der Waals surface area (Å²) in [4.78, 5) is 12.4. The number of anilines is 2. The van der Waals surface area contributed by atoms with Gasteiger partial charge in [0.2, 0.25) is 0 Å². The van der Waals surface area contributed by atoms with E-state index in [-0.39, 0.29) is 5.91 Å². The SMILES string of the molecule is CCc1cc(I)ccc1NC(=O)c1cccc(N)c1C. The number of nitrogens with one attached hydrogen (secondary N) is 1. The molecule has 0 aliphatic heterocycles. The van der Waals surface area contributed by atoms with Crippen molar-refractivity contribution >= 4 is 39.9 Å². The van der Waals surface area contributed by atoms with Gasteiger partial charge in [-0.05, 0) is 77.4 Å². The molecule has 3 N–H and O–H groups in total. The molecule has 3 nitrogen and oxygen atoms in total. The molecule has 0 radical (unpaired) electrons. The molecule has 2 aromatic carbocycles. The molecule has 0 heterocycles. The number of aryl methyl sites for hydroxylation is 1. The van der Waals surface area contributed by atoms with Gasteiger partial charge in [0.15, 0.2) is 0 Å². The Bertz CT molecular complexity index is 653. The molecule has 0 saturated heterocycles. The third kappa shape index (κ3) is 3.12. The first-order valence-electron chi connectivity index (χ1n) is 6.47. The highest BCUT2D eigenvalue weighted by atomic mass is 127. The van der Waals surface area contributed by atoms with E-state index in [1.807, 2.05) is 19.1 Å². The van der Waals surface area contributed by atoms with E-state index in [9.17, 15) is 4.79 Å². The molecule has 0 atom stereocenters. The molecule has 0 bridgehead atoms. The van der Waals surface area contributed by atoms with E-state index in [4.69, 9.17) is 5.73 Å². The van der Waals surface area contributed by atoms with Crippen LogP contribution in [0.15, 0.2) is 36.4 Å². The standard InChI is InChI=1S/C16H17IN2O/c1-3-11-9-12(17)7-8-15(11)19-16(20)13-5-4-6-14(18)10(13)2/h4-9H,3,18H2,1-2H3,(H,19,20). The van der Waals surface area contributed by atoms with Crippen LogP contribution in [0.5, 0.6) is 0 Å². The molecule has 20 heavy (non-hydrogen) atoms. The topological polar surface area (TPSA) is 55.1 Å². The minimum Gasteiger partial charge on any atom is -0.398 e. The molecule has 0 aromatic heterocycles. The maximum Gasteiger partial charge on any atom is 0.256 e. The molecular weight excluding hydrogens is 363 g/mol. The smallest absolute Gasteiger partial charge is 0.256 e. The van der Waals surface area contributed by atoms with Gasteiger partial charge in [-0.15, -0.1) is 0 Å². The van der Waals surface area contributed by atoms with Crippen LogP contribution in [0.2, 0.25) is 0 Å². The second-order valence-corrected chi connectivity index (χ2v) is 5.87. The highest BCUT2D eigenvalue weighted by Crippen LogP contribution is 2.22. The first kappa shape index (κ1) is 14.8. The molecule has 0 aliphatic carbocycles. The highest BCUT2D eigenvalue weighted by molar-refractivity contribution is 14.1. The van der Waals surface area contributed by atoms with Gasteiger partial charge in [-0.2, -0.15) is 0 Å². The Morgan fingerprint density at radius 1 is 1.30 bits per heavy atom. The fraction of sp³-hybridized carbons (Fsp3) is 0.188. The summed E-state index contributed by atoms with van der Waals surface area (Å²) < 4.78 is 1.16. The minimum atomic E-state index is -0.120. The molecule has 0 fully saturated rings. The van der Waals surface area contributed by atoms with Crippen molar-refractivity contribution in [2.45, 2.75) is 20.3 Å². The maximum atomic E-state index is 12.4. The number of carbonyl (C=O) groups excluding carboxylic acids is 1. The Hall–Kier alpha value is -1.56. The molecule has 0 unspecified atom stereocenters. The summed E-state index contributed by atoms with van der Waals surface area (Å²) in [6.45, 7) is 3.94. The van der Waals surface area contributed by atoms with Gasteiger partial charge in [0.1, 0.15) is 0 Å². The van der Waals surface area contributed by atoms with E-state index in [0.717, 1.165) is 26.8 Å². The van der Waals surface area contributed by atoms with Gasteiger partial charge in [0, 0.05) is 20.5 Å². The van der Waals surface area contributed by atoms with Crippen molar-refractivity contribution in [3.63, 3.8) is 0 Å². The zero-order valence-corrected chi connectivity index (χ0v) is 13.7. The molecule has 1 amide bonds. The molecule has 104 valence electrons. The fourth-order valence-electron chi connectivity index (χ4n) is 2.07. The van der Waals surface area contributed by atoms with Crippen molar-refractivity contribution < 1.29 is 4.79 Å². The van der Waals surface area contributed by atoms with Crippen LogP contribution in [0.4, 0.5) is 11.4 Å². The molecule has 2 rings (SSSR count). The fourth-order valence-corrected chi connectivity index (χ4v) is 2.62. The van der Waals surface area contributed by atoms with Crippen LogP contribution in [-0.4, -0.2) is 5.91 Å². The van der Waals surface area contributed by atoms with Crippen LogP contribution in [0.25, 0.3) is 0 Å². The summed E-state index contributed by atoms with van der Waals surface area (Å²) in [5, 5.41) is 2.98. The van der Waals surface area contributed by atoms with Crippen LogP contribution < -0.4 is 11.1 Å². The largest absolute Gasteiger partial charge is 0.398 e. The van der Waals surface area contributed by atoms with Crippen molar-refractivity contribution in [3.8, 4) is 0 Å².